The number of anilines is 2. The molecule has 1 N–H and O–H groups in total. The highest BCUT2D eigenvalue weighted by atomic mass is 32.1. The van der Waals surface area contributed by atoms with Gasteiger partial charge < -0.3 is 10.2 Å². The molecule has 2 aromatic heterocycles. The van der Waals surface area contributed by atoms with Crippen molar-refractivity contribution in [3.63, 3.8) is 0 Å². The van der Waals surface area contributed by atoms with E-state index in [0.29, 0.717) is 11.2 Å². The van der Waals surface area contributed by atoms with Gasteiger partial charge in [-0.15, -0.1) is 6.58 Å². The minimum Gasteiger partial charge on any atom is -0.348 e. The summed E-state index contributed by atoms with van der Waals surface area (Å²) in [4.78, 5) is 45.1. The van der Waals surface area contributed by atoms with E-state index in [1.165, 1.54) is 17.4 Å². The topological polar surface area (TPSA) is 89.2 Å². The first-order valence-electron chi connectivity index (χ1n) is 10.1. The van der Waals surface area contributed by atoms with E-state index in [-0.39, 0.29) is 22.6 Å². The van der Waals surface area contributed by atoms with Crippen LogP contribution in [-0.4, -0.2) is 33.1 Å². The zero-order valence-electron chi connectivity index (χ0n) is 17.1. The summed E-state index contributed by atoms with van der Waals surface area (Å²) in [5.74, 6) is -2.37. The number of benzene rings is 1. The standard InChI is InChI=1S/C21H21F2N5O3S/c1-2-6-27-19(30)17-18(25-20(32-17)26-7-4-3-5-8-26)28(21(27)31)12-16(29)24-15-10-13(22)9-14(23)11-15/h2,9-11H,1,3-8,12H2,(H,24,29). The molecule has 0 unspecified atom stereocenters. The van der Waals surface area contributed by atoms with Gasteiger partial charge in [0.2, 0.25) is 5.91 Å². The predicted molar refractivity (Wildman–Crippen MR) is 119 cm³/mol. The molecule has 1 saturated heterocycles. The van der Waals surface area contributed by atoms with E-state index >= 15 is 0 Å². The quantitative estimate of drug-likeness (QED) is 0.571. The Hall–Kier alpha value is -3.34. The van der Waals surface area contributed by atoms with E-state index in [1.54, 1.807) is 0 Å². The molecule has 3 aromatic rings. The molecule has 32 heavy (non-hydrogen) atoms. The molecule has 11 heteroatoms. The number of thiazole rings is 1. The number of carbonyl (C=O) groups is 1. The average Bonchev–Trinajstić information content (AvgIpc) is 3.20. The number of aromatic nitrogens is 3. The van der Waals surface area contributed by atoms with Crippen LogP contribution < -0.4 is 21.5 Å². The van der Waals surface area contributed by atoms with Gasteiger partial charge in [-0.25, -0.2) is 18.6 Å². The monoisotopic (exact) mass is 461 g/mol. The smallest absolute Gasteiger partial charge is 0.333 e. The summed E-state index contributed by atoms with van der Waals surface area (Å²) in [6, 6.07) is 2.62. The third kappa shape index (κ3) is 4.33. The van der Waals surface area contributed by atoms with E-state index in [9.17, 15) is 23.2 Å². The molecule has 4 rings (SSSR count). The first-order chi connectivity index (χ1) is 15.4. The highest BCUT2D eigenvalue weighted by molar-refractivity contribution is 7.22. The lowest BCUT2D eigenvalue weighted by atomic mass is 10.1. The van der Waals surface area contributed by atoms with Crippen molar-refractivity contribution in [2.24, 2.45) is 0 Å². The fourth-order valence-electron chi connectivity index (χ4n) is 3.69. The maximum absolute atomic E-state index is 13.4. The lowest BCUT2D eigenvalue weighted by Crippen LogP contribution is -2.41. The fraction of sp³-hybridized carbons (Fsp3) is 0.333. The fourth-order valence-corrected chi connectivity index (χ4v) is 4.76. The Labute approximate surface area is 185 Å². The maximum Gasteiger partial charge on any atom is 0.333 e. The summed E-state index contributed by atoms with van der Waals surface area (Å²) >= 11 is 1.18. The highest BCUT2D eigenvalue weighted by Crippen LogP contribution is 2.28. The molecule has 1 aliphatic heterocycles. The third-order valence-corrected chi connectivity index (χ3v) is 6.23. The Bertz CT molecular complexity index is 1290. The van der Waals surface area contributed by atoms with Gasteiger partial charge in [0.05, 0.1) is 0 Å². The van der Waals surface area contributed by atoms with Gasteiger partial charge in [-0.3, -0.25) is 18.7 Å². The summed E-state index contributed by atoms with van der Waals surface area (Å²) in [5, 5.41) is 3.00. The van der Waals surface area contributed by atoms with Gasteiger partial charge in [0.15, 0.2) is 10.8 Å². The van der Waals surface area contributed by atoms with Crippen LogP contribution in [0.4, 0.5) is 19.6 Å². The van der Waals surface area contributed by atoms with Gasteiger partial charge in [0, 0.05) is 31.4 Å². The van der Waals surface area contributed by atoms with Crippen LogP contribution in [0.2, 0.25) is 0 Å². The Kier molecular flexibility index (Phi) is 6.17. The lowest BCUT2D eigenvalue weighted by Gasteiger charge is -2.25. The number of piperidine rings is 1. The Morgan fingerprint density at radius 3 is 2.47 bits per heavy atom. The average molecular weight is 461 g/mol. The van der Waals surface area contributed by atoms with Crippen molar-refractivity contribution in [2.75, 3.05) is 23.3 Å². The maximum atomic E-state index is 13.4. The zero-order chi connectivity index (χ0) is 22.8. The van der Waals surface area contributed by atoms with Crippen molar-refractivity contribution in [3.05, 3.63) is 63.3 Å². The second-order valence-electron chi connectivity index (χ2n) is 7.48. The van der Waals surface area contributed by atoms with Gasteiger partial charge in [-0.05, 0) is 31.4 Å². The van der Waals surface area contributed by atoms with Crippen molar-refractivity contribution >= 4 is 38.4 Å². The van der Waals surface area contributed by atoms with Crippen LogP contribution in [0.5, 0.6) is 0 Å². The van der Waals surface area contributed by atoms with E-state index < -0.39 is 35.3 Å². The summed E-state index contributed by atoms with van der Waals surface area (Å²) in [7, 11) is 0. The van der Waals surface area contributed by atoms with Crippen LogP contribution in [0.1, 0.15) is 19.3 Å². The van der Waals surface area contributed by atoms with E-state index in [0.717, 1.165) is 53.6 Å². The molecular weight excluding hydrogens is 440 g/mol. The molecule has 0 radical (unpaired) electrons. The lowest BCUT2D eigenvalue weighted by molar-refractivity contribution is -0.116. The first-order valence-corrected chi connectivity index (χ1v) is 10.9. The van der Waals surface area contributed by atoms with E-state index in [4.69, 9.17) is 0 Å². The molecule has 1 fully saturated rings. The number of rotatable bonds is 6. The van der Waals surface area contributed by atoms with Crippen LogP contribution in [0.15, 0.2) is 40.4 Å². The Morgan fingerprint density at radius 2 is 1.81 bits per heavy atom. The second kappa shape index (κ2) is 9.03. The number of amides is 1. The predicted octanol–water partition coefficient (Wildman–Crippen LogP) is 2.71. The molecule has 3 heterocycles. The van der Waals surface area contributed by atoms with Crippen molar-refractivity contribution < 1.29 is 13.6 Å². The minimum atomic E-state index is -0.843. The van der Waals surface area contributed by atoms with Crippen molar-refractivity contribution in [2.45, 2.75) is 32.4 Å². The number of allylic oxidation sites excluding steroid dienone is 1. The van der Waals surface area contributed by atoms with Crippen molar-refractivity contribution in [1.82, 2.24) is 14.1 Å². The Balaban J connectivity index is 1.75. The van der Waals surface area contributed by atoms with Gasteiger partial charge in [0.1, 0.15) is 22.9 Å². The van der Waals surface area contributed by atoms with E-state index in [2.05, 4.69) is 21.8 Å². The molecule has 168 valence electrons. The molecule has 0 spiro atoms. The first kappa shape index (κ1) is 21.9. The number of halogens is 2. The summed E-state index contributed by atoms with van der Waals surface area (Å²) in [6.07, 6.45) is 4.56. The van der Waals surface area contributed by atoms with Crippen LogP contribution in [0, 0.1) is 11.6 Å². The highest BCUT2D eigenvalue weighted by Gasteiger charge is 2.22. The Morgan fingerprint density at radius 1 is 1.12 bits per heavy atom. The number of hydrogen-bond donors (Lipinski definition) is 1. The van der Waals surface area contributed by atoms with Crippen LogP contribution in [-0.2, 0) is 17.9 Å². The molecule has 8 nitrogen and oxygen atoms in total. The summed E-state index contributed by atoms with van der Waals surface area (Å²) in [6.45, 7) is 4.68. The third-order valence-electron chi connectivity index (χ3n) is 5.14. The second-order valence-corrected chi connectivity index (χ2v) is 8.45. The number of nitrogens with zero attached hydrogens (tertiary/aromatic N) is 4. The molecule has 0 bridgehead atoms. The molecule has 1 aliphatic rings. The number of fused-ring (bicyclic) bond motifs is 1. The van der Waals surface area contributed by atoms with Crippen LogP contribution >= 0.6 is 11.3 Å². The molecule has 1 aromatic carbocycles. The van der Waals surface area contributed by atoms with Gasteiger partial charge in [-0.1, -0.05) is 17.4 Å². The summed E-state index contributed by atoms with van der Waals surface area (Å²) < 4.78 is 29.2. The molecule has 0 atom stereocenters. The van der Waals surface area contributed by atoms with E-state index in [1.807, 2.05) is 0 Å². The summed E-state index contributed by atoms with van der Waals surface area (Å²) in [5.41, 5.74) is -1.16. The SMILES string of the molecule is C=CCn1c(=O)c2sc(N3CCCCC3)nc2n(CC(=O)Nc2cc(F)cc(F)c2)c1=O. The van der Waals surface area contributed by atoms with Gasteiger partial charge in [0.25, 0.3) is 5.56 Å². The number of carbonyl (C=O) groups excluding carboxylic acids is 1. The van der Waals surface area contributed by atoms with Crippen molar-refractivity contribution in [1.29, 1.82) is 0 Å². The molecule has 0 aliphatic carbocycles. The van der Waals surface area contributed by atoms with Crippen LogP contribution in [0.3, 0.4) is 0 Å². The molecule has 1 amide bonds. The molecular formula is C21H21F2N5O3S. The van der Waals surface area contributed by atoms with Gasteiger partial charge >= 0.3 is 5.69 Å². The van der Waals surface area contributed by atoms with Crippen molar-refractivity contribution in [3.8, 4) is 0 Å². The normalized spacial score (nSPS) is 14.0. The minimum absolute atomic E-state index is 0.0265. The number of nitrogens with one attached hydrogen (secondary N) is 1. The largest absolute Gasteiger partial charge is 0.348 e. The van der Waals surface area contributed by atoms with Gasteiger partial charge in [-0.2, -0.15) is 0 Å². The van der Waals surface area contributed by atoms with Crippen LogP contribution in [0.25, 0.3) is 10.3 Å². The zero-order valence-corrected chi connectivity index (χ0v) is 18.0. The molecule has 0 saturated carbocycles. The number of hydrogen-bond acceptors (Lipinski definition) is 6.